The number of aliphatic hydroxyl groups is 1. The standard InChI is InChI=1S/C35H45FN4O7S/c1-24-21-40(25(2)23-41)34(42)31-20-29(38-35(43)37-28-15-13-27(36)14-16-28)17-18-32(31)47-26(3)10-8-9-19-46-33(24)22-39(4)48(44,45)30-11-6-5-7-12-30/h5-7,11-18,20,24-26,33,41H,8-10,19,21-23H2,1-4H3,(H2,37,38,43)/t24-,25+,26-,33+/m1/s1. The van der Waals surface area contributed by atoms with Gasteiger partial charge in [-0.3, -0.25) is 4.79 Å². The number of hydrogen-bond donors (Lipinski definition) is 3. The molecule has 0 saturated heterocycles. The van der Waals surface area contributed by atoms with Crippen molar-refractivity contribution in [3.05, 3.63) is 84.2 Å². The van der Waals surface area contributed by atoms with Gasteiger partial charge >= 0.3 is 6.03 Å². The minimum atomic E-state index is -3.79. The Morgan fingerprint density at radius 3 is 2.40 bits per heavy atom. The fourth-order valence-electron chi connectivity index (χ4n) is 5.41. The third-order valence-electron chi connectivity index (χ3n) is 8.30. The SMILES string of the molecule is C[C@@H]1CCCCO[C@@H](CN(C)S(=O)(=O)c2ccccc2)[C@H](C)CN([C@@H](C)CO)C(=O)c2cc(NC(=O)Nc3ccc(F)cc3)ccc2O1. The van der Waals surface area contributed by atoms with Crippen LogP contribution in [0.2, 0.25) is 0 Å². The maximum Gasteiger partial charge on any atom is 0.323 e. The number of hydrogen-bond acceptors (Lipinski definition) is 7. The summed E-state index contributed by atoms with van der Waals surface area (Å²) in [4.78, 5) is 28.8. The van der Waals surface area contributed by atoms with Crippen LogP contribution in [0.25, 0.3) is 0 Å². The summed E-state index contributed by atoms with van der Waals surface area (Å²) in [5.41, 5.74) is 0.890. The maximum atomic E-state index is 14.3. The van der Waals surface area contributed by atoms with Gasteiger partial charge in [0.2, 0.25) is 10.0 Å². The number of halogens is 1. The van der Waals surface area contributed by atoms with E-state index in [2.05, 4.69) is 10.6 Å². The van der Waals surface area contributed by atoms with Crippen molar-refractivity contribution in [2.75, 3.05) is 44.0 Å². The number of rotatable bonds is 8. The molecule has 0 radical (unpaired) electrons. The van der Waals surface area contributed by atoms with Crippen LogP contribution in [0.3, 0.4) is 0 Å². The van der Waals surface area contributed by atoms with Crippen LogP contribution in [0.1, 0.15) is 50.4 Å². The van der Waals surface area contributed by atoms with E-state index >= 15 is 0 Å². The molecule has 3 N–H and O–H groups in total. The highest BCUT2D eigenvalue weighted by molar-refractivity contribution is 7.89. The number of urea groups is 1. The van der Waals surface area contributed by atoms with Gasteiger partial charge in [-0.25, -0.2) is 17.6 Å². The highest BCUT2D eigenvalue weighted by Crippen LogP contribution is 2.29. The minimum absolute atomic E-state index is 0.0568. The number of carbonyl (C=O) groups is 2. The van der Waals surface area contributed by atoms with Crippen molar-refractivity contribution in [3.63, 3.8) is 0 Å². The topological polar surface area (TPSA) is 138 Å². The summed E-state index contributed by atoms with van der Waals surface area (Å²) >= 11 is 0. The number of nitrogens with zero attached hydrogens (tertiary/aromatic N) is 2. The molecule has 3 aromatic rings. The molecule has 4 atom stereocenters. The van der Waals surface area contributed by atoms with Gasteiger partial charge in [0, 0.05) is 44.0 Å². The Morgan fingerprint density at radius 2 is 1.71 bits per heavy atom. The molecular formula is C35H45FN4O7S. The van der Waals surface area contributed by atoms with E-state index in [0.717, 1.165) is 12.8 Å². The zero-order chi connectivity index (χ0) is 34.8. The second-order valence-corrected chi connectivity index (χ2v) is 14.2. The summed E-state index contributed by atoms with van der Waals surface area (Å²) in [7, 11) is -2.28. The fraction of sp³-hybridized carbons (Fsp3) is 0.429. The minimum Gasteiger partial charge on any atom is -0.490 e. The van der Waals surface area contributed by atoms with Crippen molar-refractivity contribution >= 4 is 33.3 Å². The van der Waals surface area contributed by atoms with E-state index in [4.69, 9.17) is 9.47 Å². The Morgan fingerprint density at radius 1 is 1.04 bits per heavy atom. The first-order valence-electron chi connectivity index (χ1n) is 16.1. The van der Waals surface area contributed by atoms with E-state index in [1.54, 1.807) is 49.4 Å². The van der Waals surface area contributed by atoms with Gasteiger partial charge in [-0.1, -0.05) is 25.1 Å². The highest BCUT2D eigenvalue weighted by atomic mass is 32.2. The monoisotopic (exact) mass is 684 g/mol. The van der Waals surface area contributed by atoms with E-state index in [1.807, 2.05) is 13.8 Å². The maximum absolute atomic E-state index is 14.3. The van der Waals surface area contributed by atoms with Crippen LogP contribution in [0, 0.1) is 11.7 Å². The first kappa shape index (κ1) is 36.8. The van der Waals surface area contributed by atoms with Gasteiger partial charge in [-0.05, 0) is 87.7 Å². The third-order valence-corrected chi connectivity index (χ3v) is 10.1. The van der Waals surface area contributed by atoms with Gasteiger partial charge in [-0.15, -0.1) is 0 Å². The summed E-state index contributed by atoms with van der Waals surface area (Å²) in [5, 5.41) is 15.5. The first-order chi connectivity index (χ1) is 22.9. The van der Waals surface area contributed by atoms with Gasteiger partial charge in [0.15, 0.2) is 0 Å². The van der Waals surface area contributed by atoms with E-state index in [1.165, 1.54) is 46.6 Å². The molecule has 3 amide bonds. The van der Waals surface area contributed by atoms with Crippen LogP contribution in [-0.4, -0.2) is 86.3 Å². The molecule has 1 aliphatic rings. The molecule has 1 aliphatic heterocycles. The molecule has 260 valence electrons. The molecule has 0 saturated carbocycles. The fourth-order valence-corrected chi connectivity index (χ4v) is 6.62. The molecule has 0 unspecified atom stereocenters. The molecule has 0 spiro atoms. The van der Waals surface area contributed by atoms with Crippen molar-refractivity contribution in [2.24, 2.45) is 5.92 Å². The lowest BCUT2D eigenvalue weighted by atomic mass is 10.0. The zero-order valence-electron chi connectivity index (χ0n) is 27.8. The lowest BCUT2D eigenvalue weighted by molar-refractivity contribution is -0.00833. The second kappa shape index (κ2) is 16.9. The average molecular weight is 685 g/mol. The van der Waals surface area contributed by atoms with Gasteiger partial charge in [-0.2, -0.15) is 4.31 Å². The van der Waals surface area contributed by atoms with Crippen molar-refractivity contribution in [1.82, 2.24) is 9.21 Å². The smallest absolute Gasteiger partial charge is 0.323 e. The molecule has 3 aromatic carbocycles. The summed E-state index contributed by atoms with van der Waals surface area (Å²) in [5.74, 6) is -0.879. The molecule has 4 rings (SSSR count). The molecule has 11 nitrogen and oxygen atoms in total. The van der Waals surface area contributed by atoms with E-state index < -0.39 is 39.9 Å². The normalized spacial score (nSPS) is 20.3. The van der Waals surface area contributed by atoms with E-state index in [0.29, 0.717) is 30.2 Å². The summed E-state index contributed by atoms with van der Waals surface area (Å²) < 4.78 is 53.8. The lowest BCUT2D eigenvalue weighted by Gasteiger charge is -2.35. The molecular weight excluding hydrogens is 639 g/mol. The van der Waals surface area contributed by atoms with Crippen LogP contribution < -0.4 is 15.4 Å². The molecule has 0 aromatic heterocycles. The highest BCUT2D eigenvalue weighted by Gasteiger charge is 2.32. The van der Waals surface area contributed by atoms with E-state index in [-0.39, 0.29) is 42.2 Å². The Labute approximate surface area is 282 Å². The number of amides is 3. The first-order valence-corrected chi connectivity index (χ1v) is 17.5. The molecule has 1 heterocycles. The molecule has 0 fully saturated rings. The van der Waals surface area contributed by atoms with Crippen LogP contribution >= 0.6 is 0 Å². The molecule has 13 heteroatoms. The Balaban J connectivity index is 1.62. The number of aliphatic hydroxyl groups excluding tert-OH is 1. The predicted molar refractivity (Wildman–Crippen MR) is 182 cm³/mol. The third kappa shape index (κ3) is 9.75. The largest absolute Gasteiger partial charge is 0.490 e. The van der Waals surface area contributed by atoms with Crippen LogP contribution in [-0.2, 0) is 14.8 Å². The number of fused-ring (bicyclic) bond motifs is 1. The zero-order valence-corrected chi connectivity index (χ0v) is 28.6. The van der Waals surface area contributed by atoms with Crippen LogP contribution in [0.5, 0.6) is 5.75 Å². The Bertz CT molecular complexity index is 1630. The van der Waals surface area contributed by atoms with Crippen LogP contribution in [0.4, 0.5) is 20.6 Å². The van der Waals surface area contributed by atoms with Gasteiger partial charge in [0.1, 0.15) is 11.6 Å². The number of sulfonamides is 1. The Hall–Kier alpha value is -4.04. The van der Waals surface area contributed by atoms with Gasteiger partial charge in [0.05, 0.1) is 35.3 Å². The summed E-state index contributed by atoms with van der Waals surface area (Å²) in [6, 6.07) is 17.1. The lowest BCUT2D eigenvalue weighted by Crippen LogP contribution is -2.48. The average Bonchev–Trinajstić information content (AvgIpc) is 3.07. The number of ether oxygens (including phenoxy) is 2. The van der Waals surface area contributed by atoms with E-state index in [9.17, 15) is 27.5 Å². The number of anilines is 2. The van der Waals surface area contributed by atoms with Crippen LogP contribution in [0.15, 0.2) is 77.7 Å². The summed E-state index contributed by atoms with van der Waals surface area (Å²) in [6.07, 6.45) is 1.37. The Kier molecular flexibility index (Phi) is 12.9. The predicted octanol–water partition coefficient (Wildman–Crippen LogP) is 5.59. The number of carbonyl (C=O) groups excluding carboxylic acids is 2. The molecule has 48 heavy (non-hydrogen) atoms. The van der Waals surface area contributed by atoms with Crippen molar-refractivity contribution in [3.8, 4) is 5.75 Å². The van der Waals surface area contributed by atoms with Gasteiger partial charge in [0.25, 0.3) is 5.91 Å². The molecule has 0 aliphatic carbocycles. The quantitative estimate of drug-likeness (QED) is 0.282. The van der Waals surface area contributed by atoms with Gasteiger partial charge < -0.3 is 30.1 Å². The summed E-state index contributed by atoms with van der Waals surface area (Å²) in [6.45, 7) is 5.79. The number of nitrogens with one attached hydrogen (secondary N) is 2. The number of benzene rings is 3. The molecule has 0 bridgehead atoms. The van der Waals surface area contributed by atoms with Crippen molar-refractivity contribution in [2.45, 2.75) is 63.2 Å². The van der Waals surface area contributed by atoms with Crippen molar-refractivity contribution < 1.29 is 37.0 Å². The second-order valence-electron chi connectivity index (χ2n) is 12.2. The number of likely N-dealkylation sites (N-methyl/N-ethyl adjacent to an activating group) is 1. The van der Waals surface area contributed by atoms with Crippen molar-refractivity contribution in [1.29, 1.82) is 0 Å².